The Labute approximate surface area is 176 Å². The summed E-state index contributed by atoms with van der Waals surface area (Å²) in [6.45, 7) is 4.27. The molecule has 0 spiro atoms. The average Bonchev–Trinajstić information content (AvgIpc) is 2.73. The van der Waals surface area contributed by atoms with Crippen molar-refractivity contribution >= 4 is 23.8 Å². The number of carbonyl (C=O) groups excluding carboxylic acids is 1. The standard InChI is InChI=1S/C19H34N4O7/c1-2-3-6-20-16(24)5-4-15(19(29)30)23-11-9-21(13-17(25)26)7-8-22(10-12-23)14-18(27)28/h15H,2-14H2,1H3,(H,20,24)(H,25,26)(H,27,28)(H,29,30). The first-order chi connectivity index (χ1) is 14.2. The fourth-order valence-corrected chi connectivity index (χ4v) is 3.39. The van der Waals surface area contributed by atoms with Gasteiger partial charge in [0.05, 0.1) is 13.1 Å². The Morgan fingerprint density at radius 3 is 1.80 bits per heavy atom. The van der Waals surface area contributed by atoms with Gasteiger partial charge in [0.1, 0.15) is 6.04 Å². The number of nitrogens with zero attached hydrogens (tertiary/aromatic N) is 3. The molecular formula is C19H34N4O7. The molecule has 0 radical (unpaired) electrons. The molecule has 0 saturated carbocycles. The van der Waals surface area contributed by atoms with Crippen molar-refractivity contribution in [3.8, 4) is 0 Å². The summed E-state index contributed by atoms with van der Waals surface area (Å²) in [4.78, 5) is 51.2. The molecule has 1 amide bonds. The van der Waals surface area contributed by atoms with Gasteiger partial charge in [-0.1, -0.05) is 13.3 Å². The quantitative estimate of drug-likeness (QED) is 0.290. The van der Waals surface area contributed by atoms with E-state index in [1.54, 1.807) is 14.7 Å². The molecule has 1 rings (SSSR count). The molecule has 1 aliphatic heterocycles. The molecule has 172 valence electrons. The van der Waals surface area contributed by atoms with Crippen LogP contribution in [0.5, 0.6) is 0 Å². The van der Waals surface area contributed by atoms with Crippen molar-refractivity contribution in [2.24, 2.45) is 0 Å². The summed E-state index contributed by atoms with van der Waals surface area (Å²) in [6.07, 6.45) is 2.02. The molecule has 0 aromatic rings. The summed E-state index contributed by atoms with van der Waals surface area (Å²) in [7, 11) is 0. The highest BCUT2D eigenvalue weighted by atomic mass is 16.4. The average molecular weight is 431 g/mol. The van der Waals surface area contributed by atoms with Crippen LogP contribution in [0.4, 0.5) is 0 Å². The minimum Gasteiger partial charge on any atom is -0.480 e. The molecule has 0 bridgehead atoms. The lowest BCUT2D eigenvalue weighted by Gasteiger charge is -2.30. The van der Waals surface area contributed by atoms with Gasteiger partial charge in [-0.3, -0.25) is 33.9 Å². The number of unbranched alkanes of at least 4 members (excludes halogenated alkanes) is 1. The van der Waals surface area contributed by atoms with Crippen LogP contribution >= 0.6 is 0 Å². The molecule has 0 aromatic heterocycles. The molecule has 30 heavy (non-hydrogen) atoms. The summed E-state index contributed by atoms with van der Waals surface area (Å²) in [6, 6.07) is -0.904. The van der Waals surface area contributed by atoms with Crippen molar-refractivity contribution in [3.63, 3.8) is 0 Å². The highest BCUT2D eigenvalue weighted by Crippen LogP contribution is 2.11. The predicted octanol–water partition coefficient (Wildman–Crippen LogP) is -0.775. The van der Waals surface area contributed by atoms with Crippen LogP contribution in [-0.4, -0.2) is 119 Å². The Balaban J connectivity index is 2.81. The highest BCUT2D eigenvalue weighted by Gasteiger charge is 2.28. The predicted molar refractivity (Wildman–Crippen MR) is 108 cm³/mol. The topological polar surface area (TPSA) is 151 Å². The van der Waals surface area contributed by atoms with E-state index in [-0.39, 0.29) is 31.8 Å². The zero-order chi connectivity index (χ0) is 22.5. The summed E-state index contributed by atoms with van der Waals surface area (Å²) in [5.41, 5.74) is 0. The molecule has 1 atom stereocenters. The van der Waals surface area contributed by atoms with Crippen molar-refractivity contribution in [2.75, 3.05) is 58.9 Å². The van der Waals surface area contributed by atoms with Crippen LogP contribution in [0.2, 0.25) is 0 Å². The zero-order valence-corrected chi connectivity index (χ0v) is 17.6. The first-order valence-corrected chi connectivity index (χ1v) is 10.3. The Morgan fingerprint density at radius 1 is 0.867 bits per heavy atom. The Morgan fingerprint density at radius 2 is 1.37 bits per heavy atom. The molecule has 1 unspecified atom stereocenters. The number of aliphatic carboxylic acids is 3. The first-order valence-electron chi connectivity index (χ1n) is 10.3. The van der Waals surface area contributed by atoms with Crippen LogP contribution in [0.1, 0.15) is 32.6 Å². The Bertz CT molecular complexity index is 559. The van der Waals surface area contributed by atoms with Crippen LogP contribution in [0, 0.1) is 0 Å². The first kappa shape index (κ1) is 25.8. The largest absolute Gasteiger partial charge is 0.480 e. The fraction of sp³-hybridized carbons (Fsp3) is 0.789. The number of amides is 1. The molecule has 1 saturated heterocycles. The second kappa shape index (κ2) is 13.9. The SMILES string of the molecule is CCCCNC(=O)CCC(C(=O)O)N1CCN(CC(=O)O)CCN(CC(=O)O)CC1. The maximum Gasteiger partial charge on any atom is 0.320 e. The third-order valence-electron chi connectivity index (χ3n) is 5.08. The zero-order valence-electron chi connectivity index (χ0n) is 17.6. The lowest BCUT2D eigenvalue weighted by molar-refractivity contribution is -0.144. The summed E-state index contributed by atoms with van der Waals surface area (Å²) >= 11 is 0. The van der Waals surface area contributed by atoms with Gasteiger partial charge in [0.2, 0.25) is 5.91 Å². The van der Waals surface area contributed by atoms with E-state index in [1.165, 1.54) is 0 Å². The van der Waals surface area contributed by atoms with E-state index >= 15 is 0 Å². The van der Waals surface area contributed by atoms with Crippen LogP contribution in [0.25, 0.3) is 0 Å². The van der Waals surface area contributed by atoms with Gasteiger partial charge in [-0.2, -0.15) is 0 Å². The van der Waals surface area contributed by atoms with Gasteiger partial charge < -0.3 is 20.6 Å². The van der Waals surface area contributed by atoms with Crippen molar-refractivity contribution in [1.29, 1.82) is 0 Å². The molecule has 11 heteroatoms. The smallest absolute Gasteiger partial charge is 0.320 e. The third-order valence-corrected chi connectivity index (χ3v) is 5.08. The van der Waals surface area contributed by atoms with Gasteiger partial charge in [-0.05, 0) is 12.8 Å². The molecule has 4 N–H and O–H groups in total. The second-order valence-corrected chi connectivity index (χ2v) is 7.47. The maximum absolute atomic E-state index is 12.0. The number of rotatable bonds is 12. The van der Waals surface area contributed by atoms with Crippen LogP contribution < -0.4 is 5.32 Å². The Hall–Kier alpha value is -2.24. The lowest BCUT2D eigenvalue weighted by Crippen LogP contribution is -2.47. The van der Waals surface area contributed by atoms with Crippen molar-refractivity contribution in [2.45, 2.75) is 38.6 Å². The van der Waals surface area contributed by atoms with Gasteiger partial charge in [0.15, 0.2) is 0 Å². The van der Waals surface area contributed by atoms with Crippen LogP contribution in [0.3, 0.4) is 0 Å². The molecule has 11 nitrogen and oxygen atoms in total. The molecule has 1 fully saturated rings. The minimum absolute atomic E-state index is 0.0782. The number of carboxylic acids is 3. The summed E-state index contributed by atoms with van der Waals surface area (Å²) in [5.74, 6) is -3.24. The van der Waals surface area contributed by atoms with Crippen molar-refractivity contribution in [1.82, 2.24) is 20.0 Å². The number of carboxylic acid groups (broad SMARTS) is 3. The van der Waals surface area contributed by atoms with Gasteiger partial charge in [-0.15, -0.1) is 0 Å². The highest BCUT2D eigenvalue weighted by molar-refractivity contribution is 5.78. The third kappa shape index (κ3) is 10.5. The summed E-state index contributed by atoms with van der Waals surface area (Å²) in [5, 5.41) is 30.7. The molecule has 0 aliphatic carbocycles. The molecular weight excluding hydrogens is 396 g/mol. The van der Waals surface area contributed by atoms with Gasteiger partial charge in [0, 0.05) is 52.2 Å². The second-order valence-electron chi connectivity index (χ2n) is 7.47. The Kier molecular flexibility index (Phi) is 11.9. The van der Waals surface area contributed by atoms with Crippen LogP contribution in [0.15, 0.2) is 0 Å². The van der Waals surface area contributed by atoms with Gasteiger partial charge in [0.25, 0.3) is 0 Å². The fourth-order valence-electron chi connectivity index (χ4n) is 3.39. The van der Waals surface area contributed by atoms with E-state index in [1.807, 2.05) is 6.92 Å². The normalized spacial score (nSPS) is 18.0. The number of nitrogens with one attached hydrogen (secondary N) is 1. The van der Waals surface area contributed by atoms with E-state index in [9.17, 15) is 24.3 Å². The van der Waals surface area contributed by atoms with Crippen molar-refractivity contribution < 1.29 is 34.5 Å². The molecule has 1 heterocycles. The number of carbonyl (C=O) groups is 4. The lowest BCUT2D eigenvalue weighted by atomic mass is 10.1. The maximum atomic E-state index is 12.0. The van der Waals surface area contributed by atoms with E-state index in [2.05, 4.69) is 5.32 Å². The monoisotopic (exact) mass is 430 g/mol. The number of hydrogen-bond acceptors (Lipinski definition) is 7. The van der Waals surface area contributed by atoms with Crippen molar-refractivity contribution in [3.05, 3.63) is 0 Å². The van der Waals surface area contributed by atoms with Gasteiger partial charge >= 0.3 is 17.9 Å². The van der Waals surface area contributed by atoms with E-state index < -0.39 is 23.9 Å². The van der Waals surface area contributed by atoms with E-state index in [0.29, 0.717) is 45.8 Å². The van der Waals surface area contributed by atoms with E-state index in [0.717, 1.165) is 12.8 Å². The molecule has 1 aliphatic rings. The molecule has 0 aromatic carbocycles. The number of hydrogen-bond donors (Lipinski definition) is 4. The minimum atomic E-state index is -1.05. The summed E-state index contributed by atoms with van der Waals surface area (Å²) < 4.78 is 0. The van der Waals surface area contributed by atoms with Crippen LogP contribution in [-0.2, 0) is 19.2 Å². The van der Waals surface area contributed by atoms with Gasteiger partial charge in [-0.25, -0.2) is 0 Å². The van der Waals surface area contributed by atoms with E-state index in [4.69, 9.17) is 10.2 Å².